The van der Waals surface area contributed by atoms with Gasteiger partial charge in [-0.1, -0.05) is 60.7 Å². The Bertz CT molecular complexity index is 868. The first-order valence-corrected chi connectivity index (χ1v) is 10.5. The lowest BCUT2D eigenvalue weighted by molar-refractivity contribution is -0.127. The summed E-state index contributed by atoms with van der Waals surface area (Å²) in [7, 11) is 0. The smallest absolute Gasteiger partial charge is 0.246 e. The summed E-state index contributed by atoms with van der Waals surface area (Å²) in [6, 6.07) is 20.1. The molecule has 1 N–H and O–H groups in total. The van der Waals surface area contributed by atoms with Crippen molar-refractivity contribution in [3.8, 4) is 0 Å². The monoisotopic (exact) mass is 388 g/mol. The second kappa shape index (κ2) is 8.64. The average molecular weight is 389 g/mol. The van der Waals surface area contributed by atoms with Gasteiger partial charge >= 0.3 is 0 Å². The third kappa shape index (κ3) is 4.76. The van der Waals surface area contributed by atoms with Crippen molar-refractivity contribution in [1.29, 1.82) is 0 Å². The number of amides is 2. The van der Waals surface area contributed by atoms with Crippen LogP contribution >= 0.6 is 0 Å². The number of rotatable bonds is 6. The van der Waals surface area contributed by atoms with Gasteiger partial charge < -0.3 is 10.2 Å². The number of carbonyl (C=O) groups is 2. The largest absolute Gasteiger partial charge is 0.356 e. The number of benzene rings is 2. The van der Waals surface area contributed by atoms with E-state index in [2.05, 4.69) is 17.4 Å². The van der Waals surface area contributed by atoms with Crippen LogP contribution in [0.1, 0.15) is 30.4 Å². The van der Waals surface area contributed by atoms with Crippen molar-refractivity contribution in [2.45, 2.75) is 25.7 Å². The van der Waals surface area contributed by atoms with Crippen LogP contribution in [0.4, 0.5) is 0 Å². The topological polar surface area (TPSA) is 49.4 Å². The molecule has 1 saturated heterocycles. The van der Waals surface area contributed by atoms with Gasteiger partial charge in [-0.05, 0) is 48.3 Å². The van der Waals surface area contributed by atoms with Crippen molar-refractivity contribution >= 4 is 17.9 Å². The first-order valence-electron chi connectivity index (χ1n) is 10.5. The maximum Gasteiger partial charge on any atom is 0.246 e. The highest BCUT2D eigenvalue weighted by molar-refractivity contribution is 5.92. The van der Waals surface area contributed by atoms with E-state index in [1.807, 2.05) is 59.5 Å². The van der Waals surface area contributed by atoms with Crippen molar-refractivity contribution in [1.82, 2.24) is 10.2 Å². The number of likely N-dealkylation sites (tertiary alicyclic amines) is 1. The summed E-state index contributed by atoms with van der Waals surface area (Å²) in [6.45, 7) is 2.17. The van der Waals surface area contributed by atoms with Crippen LogP contribution in [0.2, 0.25) is 0 Å². The minimum atomic E-state index is 0.0632. The molecule has 1 aliphatic carbocycles. The molecule has 1 aliphatic heterocycles. The Morgan fingerprint density at radius 1 is 1.00 bits per heavy atom. The lowest BCUT2D eigenvalue weighted by atomic mass is 9.90. The standard InChI is InChI=1S/C25H28N2O2/c28-23(12-11-20-7-3-1-4-8-20)27-17-14-25(15-18-27)19-22(25)24(29)26-16-13-21-9-5-2-6-10-21/h1-12,22H,13-19H2,(H,26,29)/b12-11+/t22-/m1/s1. The van der Waals surface area contributed by atoms with Crippen molar-refractivity contribution in [2.24, 2.45) is 11.3 Å². The second-order valence-electron chi connectivity index (χ2n) is 8.22. The molecule has 0 aromatic heterocycles. The van der Waals surface area contributed by atoms with Gasteiger partial charge in [0, 0.05) is 31.6 Å². The van der Waals surface area contributed by atoms with Crippen LogP contribution < -0.4 is 5.32 Å². The lowest BCUT2D eigenvalue weighted by Gasteiger charge is -2.32. The summed E-state index contributed by atoms with van der Waals surface area (Å²) in [5.74, 6) is 0.369. The van der Waals surface area contributed by atoms with E-state index >= 15 is 0 Å². The summed E-state index contributed by atoms with van der Waals surface area (Å²) in [5.41, 5.74) is 2.40. The highest BCUT2D eigenvalue weighted by Gasteiger charge is 2.58. The summed E-state index contributed by atoms with van der Waals surface area (Å²) < 4.78 is 0. The third-order valence-corrected chi connectivity index (χ3v) is 6.35. The minimum Gasteiger partial charge on any atom is -0.356 e. The molecule has 2 aromatic carbocycles. The minimum absolute atomic E-state index is 0.0632. The normalized spacial score (nSPS) is 20.0. The second-order valence-corrected chi connectivity index (χ2v) is 8.22. The molecular formula is C25H28N2O2. The van der Waals surface area contributed by atoms with Gasteiger partial charge in [0.05, 0.1) is 0 Å². The van der Waals surface area contributed by atoms with E-state index in [1.54, 1.807) is 6.08 Å². The van der Waals surface area contributed by atoms with Gasteiger partial charge in [-0.15, -0.1) is 0 Å². The maximum atomic E-state index is 12.5. The summed E-state index contributed by atoms with van der Waals surface area (Å²) >= 11 is 0. The van der Waals surface area contributed by atoms with Gasteiger partial charge in [-0.2, -0.15) is 0 Å². The first kappa shape index (κ1) is 19.4. The number of hydrogen-bond acceptors (Lipinski definition) is 2. The Morgan fingerprint density at radius 2 is 1.66 bits per heavy atom. The number of nitrogens with zero attached hydrogens (tertiary/aromatic N) is 1. The van der Waals surface area contributed by atoms with E-state index in [1.165, 1.54) is 5.56 Å². The molecule has 1 heterocycles. The van der Waals surface area contributed by atoms with Crippen molar-refractivity contribution in [2.75, 3.05) is 19.6 Å². The van der Waals surface area contributed by atoms with Crippen LogP contribution in [0.15, 0.2) is 66.7 Å². The van der Waals surface area contributed by atoms with E-state index in [-0.39, 0.29) is 23.1 Å². The van der Waals surface area contributed by atoms with Gasteiger partial charge in [-0.25, -0.2) is 0 Å². The van der Waals surface area contributed by atoms with Gasteiger partial charge in [0.25, 0.3) is 0 Å². The van der Waals surface area contributed by atoms with Crippen LogP contribution in [0.25, 0.3) is 6.08 Å². The fraction of sp³-hybridized carbons (Fsp3) is 0.360. The Morgan fingerprint density at radius 3 is 2.34 bits per heavy atom. The Kier molecular flexibility index (Phi) is 5.79. The number of carbonyl (C=O) groups excluding carboxylic acids is 2. The lowest BCUT2D eigenvalue weighted by Crippen LogP contribution is -2.40. The fourth-order valence-electron chi connectivity index (χ4n) is 4.38. The molecule has 150 valence electrons. The Balaban J connectivity index is 1.21. The SMILES string of the molecule is O=C(NCCc1ccccc1)[C@H]1CC12CCN(C(=O)/C=C/c1ccccc1)CC2. The Hall–Kier alpha value is -2.88. The van der Waals surface area contributed by atoms with Crippen LogP contribution in [0, 0.1) is 11.3 Å². The molecule has 0 unspecified atom stereocenters. The summed E-state index contributed by atoms with van der Waals surface area (Å²) in [4.78, 5) is 26.9. The van der Waals surface area contributed by atoms with Crippen LogP contribution in [0.3, 0.4) is 0 Å². The molecule has 1 atom stereocenters. The highest BCUT2D eigenvalue weighted by atomic mass is 16.2. The number of piperidine rings is 1. The van der Waals surface area contributed by atoms with Crippen LogP contribution in [0.5, 0.6) is 0 Å². The van der Waals surface area contributed by atoms with Gasteiger partial charge in [0.15, 0.2) is 0 Å². The molecule has 1 spiro atoms. The maximum absolute atomic E-state index is 12.5. The molecule has 2 aliphatic rings. The number of hydrogen-bond donors (Lipinski definition) is 1. The van der Waals surface area contributed by atoms with Crippen LogP contribution in [-0.4, -0.2) is 36.3 Å². The molecule has 0 radical (unpaired) electrons. The summed E-state index contributed by atoms with van der Waals surface area (Å²) in [6.07, 6.45) is 7.21. The molecule has 2 amide bonds. The van der Waals surface area contributed by atoms with Gasteiger partial charge in [-0.3, -0.25) is 9.59 Å². The predicted molar refractivity (Wildman–Crippen MR) is 115 cm³/mol. The zero-order valence-electron chi connectivity index (χ0n) is 16.7. The van der Waals surface area contributed by atoms with Gasteiger partial charge in [0.1, 0.15) is 0 Å². The van der Waals surface area contributed by atoms with E-state index in [4.69, 9.17) is 0 Å². The quantitative estimate of drug-likeness (QED) is 0.768. The fourth-order valence-corrected chi connectivity index (χ4v) is 4.38. The first-order chi connectivity index (χ1) is 14.2. The van der Waals surface area contributed by atoms with Crippen molar-refractivity contribution in [3.63, 3.8) is 0 Å². The highest BCUT2D eigenvalue weighted by Crippen LogP contribution is 2.59. The average Bonchev–Trinajstić information content (AvgIpc) is 3.47. The molecule has 4 nitrogen and oxygen atoms in total. The number of nitrogens with one attached hydrogen (secondary N) is 1. The van der Waals surface area contributed by atoms with E-state index in [9.17, 15) is 9.59 Å². The Labute approximate surface area is 172 Å². The molecule has 4 heteroatoms. The molecular weight excluding hydrogens is 360 g/mol. The van der Waals surface area contributed by atoms with Crippen LogP contribution in [-0.2, 0) is 16.0 Å². The molecule has 2 fully saturated rings. The van der Waals surface area contributed by atoms with Crippen molar-refractivity contribution in [3.05, 3.63) is 77.9 Å². The van der Waals surface area contributed by atoms with E-state index in [0.717, 1.165) is 44.3 Å². The third-order valence-electron chi connectivity index (χ3n) is 6.35. The zero-order chi connectivity index (χ0) is 20.1. The van der Waals surface area contributed by atoms with E-state index < -0.39 is 0 Å². The van der Waals surface area contributed by atoms with Gasteiger partial charge in [0.2, 0.25) is 11.8 Å². The zero-order valence-corrected chi connectivity index (χ0v) is 16.7. The molecule has 4 rings (SSSR count). The molecule has 1 saturated carbocycles. The molecule has 2 aromatic rings. The summed E-state index contributed by atoms with van der Waals surface area (Å²) in [5, 5.41) is 3.11. The van der Waals surface area contributed by atoms with Crippen molar-refractivity contribution < 1.29 is 9.59 Å². The molecule has 29 heavy (non-hydrogen) atoms. The predicted octanol–water partition coefficient (Wildman–Crippen LogP) is 3.69. The molecule has 0 bridgehead atoms. The van der Waals surface area contributed by atoms with E-state index in [0.29, 0.717) is 6.54 Å².